The monoisotopic (exact) mass is 432 g/mol. The highest BCUT2D eigenvalue weighted by Gasteiger charge is 2.54. The van der Waals surface area contributed by atoms with Gasteiger partial charge < -0.3 is 10.1 Å². The van der Waals surface area contributed by atoms with Crippen LogP contribution in [-0.4, -0.2) is 51.2 Å². The maximum atomic E-state index is 12.8. The van der Waals surface area contributed by atoms with Crippen molar-refractivity contribution in [2.75, 3.05) is 11.5 Å². The van der Waals surface area contributed by atoms with Gasteiger partial charge in [0, 0.05) is 10.6 Å². The number of ether oxygens (including phenoxy) is 1. The highest BCUT2D eigenvalue weighted by atomic mass is 32.2. The second-order valence-corrected chi connectivity index (χ2v) is 9.79. The lowest BCUT2D eigenvalue weighted by Gasteiger charge is -2.49. The molecule has 2 atom stereocenters. The Morgan fingerprint density at radius 3 is 2.66 bits per heavy atom. The quantitative estimate of drug-likeness (QED) is 0.423. The van der Waals surface area contributed by atoms with Crippen molar-refractivity contribution in [2.24, 2.45) is 0 Å². The molecule has 0 unspecified atom stereocenters. The highest BCUT2D eigenvalue weighted by molar-refractivity contribution is 8.00. The number of esters is 1. The fraction of sp³-hybridized carbons (Fsp3) is 0.381. The van der Waals surface area contributed by atoms with Crippen molar-refractivity contribution in [3.63, 3.8) is 0 Å². The zero-order valence-corrected chi connectivity index (χ0v) is 18.3. The Hall–Kier alpha value is -2.19. The molecule has 1 N–H and O–H groups in total. The summed E-state index contributed by atoms with van der Waals surface area (Å²) in [6, 6.07) is 8.95. The Morgan fingerprint density at radius 2 is 2.03 bits per heavy atom. The van der Waals surface area contributed by atoms with Gasteiger partial charge in [0.15, 0.2) is 0 Å². The first kappa shape index (κ1) is 21.5. The number of hydrogen-bond acceptors (Lipinski definition) is 6. The first-order chi connectivity index (χ1) is 13.7. The topological polar surface area (TPSA) is 75.7 Å². The van der Waals surface area contributed by atoms with Crippen molar-refractivity contribution in [2.45, 2.75) is 42.7 Å². The van der Waals surface area contributed by atoms with Gasteiger partial charge in [-0.2, -0.15) is 0 Å². The normalized spacial score (nSPS) is 21.2. The fourth-order valence-electron chi connectivity index (χ4n) is 3.00. The predicted octanol–water partition coefficient (Wildman–Crippen LogP) is 2.96. The van der Waals surface area contributed by atoms with E-state index in [1.165, 1.54) is 28.4 Å². The lowest BCUT2D eigenvalue weighted by Crippen LogP contribution is -2.70. The van der Waals surface area contributed by atoms with Gasteiger partial charge in [0.25, 0.3) is 5.91 Å². The molecule has 29 heavy (non-hydrogen) atoms. The van der Waals surface area contributed by atoms with Gasteiger partial charge in [0.2, 0.25) is 5.91 Å². The Labute approximate surface area is 179 Å². The van der Waals surface area contributed by atoms with Gasteiger partial charge in [-0.15, -0.1) is 23.5 Å². The number of β-lactam (4-membered cyclic amide) rings is 1. The van der Waals surface area contributed by atoms with Crippen molar-refractivity contribution in [3.8, 4) is 0 Å². The molecule has 2 amide bonds. The first-order valence-corrected chi connectivity index (χ1v) is 11.3. The van der Waals surface area contributed by atoms with Crippen LogP contribution in [0.4, 0.5) is 0 Å². The first-order valence-electron chi connectivity index (χ1n) is 9.22. The van der Waals surface area contributed by atoms with Crippen molar-refractivity contribution in [1.82, 2.24) is 10.2 Å². The summed E-state index contributed by atoms with van der Waals surface area (Å²) in [6.07, 6.45) is 1.58. The minimum atomic E-state index is -0.674. The van der Waals surface area contributed by atoms with Gasteiger partial charge >= 0.3 is 5.97 Å². The molecule has 0 spiro atoms. The largest absolute Gasteiger partial charge is 0.455 e. The molecule has 1 saturated heterocycles. The number of rotatable bonds is 6. The van der Waals surface area contributed by atoms with E-state index in [0.29, 0.717) is 11.3 Å². The van der Waals surface area contributed by atoms with Crippen LogP contribution in [0, 0.1) is 0 Å². The molecule has 2 heterocycles. The molecule has 8 heteroatoms. The number of nitrogens with zero attached hydrogens (tertiary/aromatic N) is 1. The molecule has 1 aromatic rings. The molecule has 2 aliphatic heterocycles. The van der Waals surface area contributed by atoms with Gasteiger partial charge in [-0.05, 0) is 38.5 Å². The van der Waals surface area contributed by atoms with E-state index in [-0.39, 0.29) is 28.6 Å². The number of thioether (sulfide) groups is 2. The van der Waals surface area contributed by atoms with Crippen molar-refractivity contribution < 1.29 is 19.1 Å². The molecule has 0 radical (unpaired) electrons. The summed E-state index contributed by atoms with van der Waals surface area (Å²) in [7, 11) is 0. The molecule has 1 aromatic carbocycles. The maximum absolute atomic E-state index is 12.8. The lowest BCUT2D eigenvalue weighted by atomic mass is 10.0. The zero-order chi connectivity index (χ0) is 21.2. The van der Waals surface area contributed by atoms with E-state index < -0.39 is 17.6 Å². The highest BCUT2D eigenvalue weighted by Crippen LogP contribution is 2.41. The number of allylic oxidation sites excluding steroid dienone is 1. The van der Waals surface area contributed by atoms with E-state index in [1.54, 1.807) is 26.8 Å². The molecule has 0 saturated carbocycles. The summed E-state index contributed by atoms with van der Waals surface area (Å²) in [5.41, 5.74) is 0.221. The number of fused-ring (bicyclic) bond motifs is 1. The third kappa shape index (κ3) is 4.87. The number of hydrogen-bond donors (Lipinski definition) is 1. The number of amides is 2. The predicted molar refractivity (Wildman–Crippen MR) is 115 cm³/mol. The van der Waals surface area contributed by atoms with Gasteiger partial charge in [-0.25, -0.2) is 4.79 Å². The fourth-order valence-corrected chi connectivity index (χ4v) is 5.07. The Morgan fingerprint density at radius 1 is 1.34 bits per heavy atom. The number of nitrogens with one attached hydrogen (secondary N) is 1. The van der Waals surface area contributed by atoms with Crippen molar-refractivity contribution >= 4 is 41.3 Å². The average molecular weight is 433 g/mol. The van der Waals surface area contributed by atoms with Crippen LogP contribution < -0.4 is 5.32 Å². The minimum absolute atomic E-state index is 0.213. The molecule has 2 aliphatic rings. The van der Waals surface area contributed by atoms with E-state index in [9.17, 15) is 14.4 Å². The summed E-state index contributed by atoms with van der Waals surface area (Å²) in [5.74, 6) is -0.319. The van der Waals surface area contributed by atoms with Crippen molar-refractivity contribution in [3.05, 3.63) is 54.3 Å². The van der Waals surface area contributed by atoms with Crippen LogP contribution in [-0.2, 0) is 19.1 Å². The van der Waals surface area contributed by atoms with Crippen LogP contribution in [0.1, 0.15) is 20.8 Å². The third-order valence-corrected chi connectivity index (χ3v) is 6.58. The van der Waals surface area contributed by atoms with E-state index in [2.05, 4.69) is 11.9 Å². The Kier molecular flexibility index (Phi) is 6.43. The standard InChI is InChI=1S/C21H24N2O4S2/c1-5-13-11-29-19-16(22-15(24)12-28-14-9-7-6-8-10-14)18(25)23(19)17(13)20(26)27-21(2,3)4/h5-10,16,19H,1,11-12H2,2-4H3,(H,22,24)/t16-,19+/m1/s1. The Bertz CT molecular complexity index is 861. The van der Waals surface area contributed by atoms with E-state index in [0.717, 1.165) is 4.90 Å². The molecule has 0 aromatic heterocycles. The average Bonchev–Trinajstić information content (AvgIpc) is 2.68. The molecule has 0 aliphatic carbocycles. The molecule has 6 nitrogen and oxygen atoms in total. The maximum Gasteiger partial charge on any atom is 0.355 e. The summed E-state index contributed by atoms with van der Waals surface area (Å²) in [6.45, 7) is 9.08. The van der Waals surface area contributed by atoms with Crippen LogP contribution >= 0.6 is 23.5 Å². The van der Waals surface area contributed by atoms with Gasteiger partial charge in [-0.3, -0.25) is 14.5 Å². The molecule has 3 rings (SSSR count). The van der Waals surface area contributed by atoms with Crippen LogP contribution in [0.25, 0.3) is 0 Å². The molecule has 0 bridgehead atoms. The van der Waals surface area contributed by atoms with Gasteiger partial charge in [0.05, 0.1) is 5.75 Å². The SMILES string of the molecule is C=CC1=C(C(=O)OC(C)(C)C)N2C(=O)[C@@H](NC(=O)CSc3ccccc3)[C@@H]2SC1. The van der Waals surface area contributed by atoms with Crippen LogP contribution in [0.3, 0.4) is 0 Å². The van der Waals surface area contributed by atoms with Gasteiger partial charge in [-0.1, -0.05) is 30.9 Å². The van der Waals surface area contributed by atoms with E-state index in [1.807, 2.05) is 30.3 Å². The molecular weight excluding hydrogens is 408 g/mol. The molecule has 1 fully saturated rings. The number of carbonyl (C=O) groups excluding carboxylic acids is 3. The smallest absolute Gasteiger partial charge is 0.355 e. The third-order valence-electron chi connectivity index (χ3n) is 4.27. The minimum Gasteiger partial charge on any atom is -0.455 e. The molecular formula is C21H24N2O4S2. The van der Waals surface area contributed by atoms with E-state index >= 15 is 0 Å². The zero-order valence-electron chi connectivity index (χ0n) is 16.6. The Balaban J connectivity index is 1.66. The van der Waals surface area contributed by atoms with E-state index in [4.69, 9.17) is 4.74 Å². The lowest BCUT2D eigenvalue weighted by molar-refractivity contribution is -0.158. The molecule has 154 valence electrons. The van der Waals surface area contributed by atoms with Gasteiger partial charge in [0.1, 0.15) is 22.7 Å². The summed E-state index contributed by atoms with van der Waals surface area (Å²) in [4.78, 5) is 40.2. The second-order valence-electron chi connectivity index (χ2n) is 7.64. The summed E-state index contributed by atoms with van der Waals surface area (Å²) >= 11 is 2.91. The second kappa shape index (κ2) is 8.67. The number of carbonyl (C=O) groups is 3. The summed E-state index contributed by atoms with van der Waals surface area (Å²) in [5, 5.41) is 2.48. The van der Waals surface area contributed by atoms with Crippen LogP contribution in [0.2, 0.25) is 0 Å². The van der Waals surface area contributed by atoms with Crippen molar-refractivity contribution in [1.29, 1.82) is 0 Å². The van der Waals surface area contributed by atoms with Crippen LogP contribution in [0.15, 0.2) is 59.2 Å². The van der Waals surface area contributed by atoms with Crippen LogP contribution in [0.5, 0.6) is 0 Å². The summed E-state index contributed by atoms with van der Waals surface area (Å²) < 4.78 is 5.48. The number of benzene rings is 1.